The zero-order valence-corrected chi connectivity index (χ0v) is 10.2. The van der Waals surface area contributed by atoms with Crippen LogP contribution in [0.1, 0.15) is 30.4 Å². The summed E-state index contributed by atoms with van der Waals surface area (Å²) in [6, 6.07) is 3.69. The van der Waals surface area contributed by atoms with Crippen molar-refractivity contribution in [2.75, 3.05) is 6.54 Å². The molecule has 0 saturated heterocycles. The monoisotopic (exact) mass is 226 g/mol. The highest BCUT2D eigenvalue weighted by Gasteiger charge is 2.25. The molecule has 0 spiro atoms. The van der Waals surface area contributed by atoms with Gasteiger partial charge in [-0.3, -0.25) is 4.79 Å². The van der Waals surface area contributed by atoms with Gasteiger partial charge in [0.05, 0.1) is 4.88 Å². The van der Waals surface area contributed by atoms with E-state index in [0.717, 1.165) is 4.88 Å². The van der Waals surface area contributed by atoms with Gasteiger partial charge in [0.1, 0.15) is 0 Å². The highest BCUT2D eigenvalue weighted by Crippen LogP contribution is 2.19. The number of carbonyl (C=O) groups is 1. The van der Waals surface area contributed by atoms with Crippen molar-refractivity contribution in [3.63, 3.8) is 0 Å². The summed E-state index contributed by atoms with van der Waals surface area (Å²) in [5.74, 6) is -0.0321. The average Bonchev–Trinajstić information content (AvgIpc) is 2.64. The van der Waals surface area contributed by atoms with Crippen LogP contribution in [0.15, 0.2) is 17.5 Å². The third-order valence-corrected chi connectivity index (χ3v) is 3.20. The lowest BCUT2D eigenvalue weighted by Crippen LogP contribution is -2.48. The zero-order valence-electron chi connectivity index (χ0n) is 9.41. The van der Waals surface area contributed by atoms with Gasteiger partial charge in [-0.1, -0.05) is 26.8 Å². The molecule has 1 unspecified atom stereocenters. The van der Waals surface area contributed by atoms with E-state index in [0.29, 0.717) is 6.54 Å². The van der Waals surface area contributed by atoms with Crippen molar-refractivity contribution < 1.29 is 4.79 Å². The molecule has 4 heteroatoms. The molecule has 1 aromatic rings. The molecule has 0 aliphatic rings. The second kappa shape index (κ2) is 4.77. The molecule has 84 valence electrons. The molecule has 15 heavy (non-hydrogen) atoms. The van der Waals surface area contributed by atoms with Crippen molar-refractivity contribution in [3.8, 4) is 0 Å². The number of nitrogens with two attached hydrogens (primary N) is 1. The number of hydrogen-bond donors (Lipinski definition) is 2. The predicted octanol–water partition coefficient (Wildman–Crippen LogP) is 1.85. The van der Waals surface area contributed by atoms with Crippen LogP contribution in [-0.2, 0) is 0 Å². The summed E-state index contributed by atoms with van der Waals surface area (Å²) in [5, 5.41) is 4.85. The zero-order chi connectivity index (χ0) is 11.5. The van der Waals surface area contributed by atoms with Crippen molar-refractivity contribution in [1.29, 1.82) is 0 Å². The van der Waals surface area contributed by atoms with Gasteiger partial charge >= 0.3 is 0 Å². The van der Waals surface area contributed by atoms with Crippen molar-refractivity contribution >= 4 is 17.2 Å². The fourth-order valence-corrected chi connectivity index (χ4v) is 1.89. The molecule has 1 rings (SSSR count). The SMILES string of the molecule is CC(C)(C)C(CN)NC(=O)c1cccs1. The normalized spacial score (nSPS) is 13.6. The first-order valence-electron chi connectivity index (χ1n) is 4.99. The van der Waals surface area contributed by atoms with E-state index in [9.17, 15) is 4.79 Å². The maximum Gasteiger partial charge on any atom is 0.261 e. The Morgan fingerprint density at radius 3 is 2.67 bits per heavy atom. The van der Waals surface area contributed by atoms with Crippen LogP contribution in [0.4, 0.5) is 0 Å². The maximum absolute atomic E-state index is 11.8. The summed E-state index contributed by atoms with van der Waals surface area (Å²) in [5.41, 5.74) is 5.64. The highest BCUT2D eigenvalue weighted by atomic mass is 32.1. The first-order chi connectivity index (χ1) is 6.95. The van der Waals surface area contributed by atoms with E-state index >= 15 is 0 Å². The fraction of sp³-hybridized carbons (Fsp3) is 0.545. The van der Waals surface area contributed by atoms with Crippen LogP contribution in [0.3, 0.4) is 0 Å². The van der Waals surface area contributed by atoms with E-state index in [1.807, 2.05) is 17.5 Å². The van der Waals surface area contributed by atoms with E-state index in [1.165, 1.54) is 11.3 Å². The number of rotatable bonds is 3. The molecule has 3 N–H and O–H groups in total. The third-order valence-electron chi connectivity index (χ3n) is 2.33. The van der Waals surface area contributed by atoms with Gasteiger partial charge in [0.2, 0.25) is 0 Å². The topological polar surface area (TPSA) is 55.1 Å². The first-order valence-corrected chi connectivity index (χ1v) is 5.87. The van der Waals surface area contributed by atoms with Crippen LogP contribution in [-0.4, -0.2) is 18.5 Å². The second-order valence-electron chi connectivity index (χ2n) is 4.61. The summed E-state index contributed by atoms with van der Waals surface area (Å²) in [6.45, 7) is 6.66. The molecule has 0 aliphatic carbocycles. The van der Waals surface area contributed by atoms with E-state index in [1.54, 1.807) is 0 Å². The van der Waals surface area contributed by atoms with Crippen LogP contribution in [0, 0.1) is 5.41 Å². The van der Waals surface area contributed by atoms with Crippen LogP contribution in [0.5, 0.6) is 0 Å². The molecule has 0 fully saturated rings. The Hall–Kier alpha value is -0.870. The molecule has 1 heterocycles. The van der Waals surface area contributed by atoms with Gasteiger partial charge in [-0.2, -0.15) is 0 Å². The molecular formula is C11H18N2OS. The minimum absolute atomic E-state index is 0.00657. The Labute approximate surface area is 94.7 Å². The van der Waals surface area contributed by atoms with Crippen LogP contribution >= 0.6 is 11.3 Å². The Bertz CT molecular complexity index is 314. The maximum atomic E-state index is 11.8. The van der Waals surface area contributed by atoms with Gasteiger partial charge in [-0.05, 0) is 16.9 Å². The largest absolute Gasteiger partial charge is 0.347 e. The predicted molar refractivity (Wildman–Crippen MR) is 64.1 cm³/mol. The summed E-state index contributed by atoms with van der Waals surface area (Å²) >= 11 is 1.44. The van der Waals surface area contributed by atoms with Crippen molar-refractivity contribution in [2.24, 2.45) is 11.1 Å². The van der Waals surface area contributed by atoms with Crippen molar-refractivity contribution in [2.45, 2.75) is 26.8 Å². The summed E-state index contributed by atoms with van der Waals surface area (Å²) in [7, 11) is 0. The van der Waals surface area contributed by atoms with Gasteiger partial charge in [0.15, 0.2) is 0 Å². The summed E-state index contributed by atoms with van der Waals surface area (Å²) in [4.78, 5) is 12.5. The van der Waals surface area contributed by atoms with E-state index in [-0.39, 0.29) is 17.4 Å². The fourth-order valence-electron chi connectivity index (χ4n) is 1.27. The molecule has 0 aliphatic heterocycles. The number of amides is 1. The number of thiophene rings is 1. The van der Waals surface area contributed by atoms with E-state index < -0.39 is 0 Å². The van der Waals surface area contributed by atoms with E-state index in [4.69, 9.17) is 5.73 Å². The minimum atomic E-state index is -0.0321. The Morgan fingerprint density at radius 2 is 2.27 bits per heavy atom. The summed E-state index contributed by atoms with van der Waals surface area (Å²) < 4.78 is 0. The Morgan fingerprint density at radius 1 is 1.60 bits per heavy atom. The Balaban J connectivity index is 2.65. The lowest BCUT2D eigenvalue weighted by atomic mass is 9.87. The van der Waals surface area contributed by atoms with Crippen molar-refractivity contribution in [1.82, 2.24) is 5.32 Å². The van der Waals surface area contributed by atoms with Gasteiger partial charge in [0.25, 0.3) is 5.91 Å². The van der Waals surface area contributed by atoms with Crippen LogP contribution in [0.25, 0.3) is 0 Å². The molecule has 1 aromatic heterocycles. The number of hydrogen-bond acceptors (Lipinski definition) is 3. The van der Waals surface area contributed by atoms with Crippen molar-refractivity contribution in [3.05, 3.63) is 22.4 Å². The van der Waals surface area contributed by atoms with Crippen LogP contribution < -0.4 is 11.1 Å². The number of nitrogens with one attached hydrogen (secondary N) is 1. The molecule has 1 amide bonds. The molecule has 0 aromatic carbocycles. The van der Waals surface area contributed by atoms with Gasteiger partial charge in [0, 0.05) is 12.6 Å². The molecule has 0 radical (unpaired) electrons. The van der Waals surface area contributed by atoms with E-state index in [2.05, 4.69) is 26.1 Å². The van der Waals surface area contributed by atoms with Gasteiger partial charge < -0.3 is 11.1 Å². The summed E-state index contributed by atoms with van der Waals surface area (Å²) in [6.07, 6.45) is 0. The highest BCUT2D eigenvalue weighted by molar-refractivity contribution is 7.12. The quantitative estimate of drug-likeness (QED) is 0.826. The average molecular weight is 226 g/mol. The second-order valence-corrected chi connectivity index (χ2v) is 5.55. The molecule has 1 atom stereocenters. The molecule has 0 saturated carbocycles. The lowest BCUT2D eigenvalue weighted by molar-refractivity contribution is 0.0909. The molecule has 0 bridgehead atoms. The third kappa shape index (κ3) is 3.32. The smallest absolute Gasteiger partial charge is 0.261 e. The van der Waals surface area contributed by atoms with Gasteiger partial charge in [-0.15, -0.1) is 11.3 Å². The van der Waals surface area contributed by atoms with Crippen LogP contribution in [0.2, 0.25) is 0 Å². The first kappa shape index (κ1) is 12.2. The molecule has 3 nitrogen and oxygen atoms in total. The number of carbonyl (C=O) groups excluding carboxylic acids is 1. The standard InChI is InChI=1S/C11H18N2OS/c1-11(2,3)9(7-12)13-10(14)8-5-4-6-15-8/h4-6,9H,7,12H2,1-3H3,(H,13,14). The lowest BCUT2D eigenvalue weighted by Gasteiger charge is -2.30. The van der Waals surface area contributed by atoms with Gasteiger partial charge in [-0.25, -0.2) is 0 Å². The Kier molecular flexibility index (Phi) is 3.88. The molecular weight excluding hydrogens is 208 g/mol. The minimum Gasteiger partial charge on any atom is -0.347 e.